The summed E-state index contributed by atoms with van der Waals surface area (Å²) >= 11 is 6.02. The summed E-state index contributed by atoms with van der Waals surface area (Å²) in [7, 11) is 0. The second-order valence-electron chi connectivity index (χ2n) is 8.61. The third kappa shape index (κ3) is 5.53. The van der Waals surface area contributed by atoms with E-state index in [9.17, 15) is 18.8 Å². The summed E-state index contributed by atoms with van der Waals surface area (Å²) in [6.07, 6.45) is 5.17. The van der Waals surface area contributed by atoms with E-state index in [0.29, 0.717) is 37.4 Å². The highest BCUT2D eigenvalue weighted by atomic mass is 35.5. The van der Waals surface area contributed by atoms with Gasteiger partial charge in [0.25, 0.3) is 11.8 Å². The summed E-state index contributed by atoms with van der Waals surface area (Å²) in [6.45, 7) is 1.47. The monoisotopic (exact) mass is 471 g/mol. The smallest absolute Gasteiger partial charge is 0.255 e. The molecule has 0 radical (unpaired) electrons. The highest BCUT2D eigenvalue weighted by molar-refractivity contribution is 6.33. The largest absolute Gasteiger partial charge is 0.335 e. The summed E-state index contributed by atoms with van der Waals surface area (Å²) in [4.78, 5) is 41.6. The Hall–Kier alpha value is -2.93. The summed E-state index contributed by atoms with van der Waals surface area (Å²) in [5, 5.41) is 3.03. The summed E-state index contributed by atoms with van der Waals surface area (Å²) in [5.41, 5.74) is 1.37. The van der Waals surface area contributed by atoms with Crippen molar-refractivity contribution in [2.45, 2.75) is 32.1 Å². The van der Waals surface area contributed by atoms with Gasteiger partial charge in [0, 0.05) is 43.3 Å². The first-order valence-corrected chi connectivity index (χ1v) is 11.7. The first-order chi connectivity index (χ1) is 15.9. The van der Waals surface area contributed by atoms with Gasteiger partial charge in [0.2, 0.25) is 5.91 Å². The van der Waals surface area contributed by atoms with Gasteiger partial charge in [0.1, 0.15) is 5.82 Å². The van der Waals surface area contributed by atoms with Crippen molar-refractivity contribution in [3.05, 3.63) is 64.4 Å². The molecule has 33 heavy (non-hydrogen) atoms. The molecule has 1 aliphatic carbocycles. The number of nitrogens with zero attached hydrogens (tertiary/aromatic N) is 2. The molecule has 1 N–H and O–H groups in total. The molecular weight excluding hydrogens is 445 g/mol. The number of carbonyl (C=O) groups excluding carboxylic acids is 3. The minimum absolute atomic E-state index is 0.0193. The van der Waals surface area contributed by atoms with Crippen LogP contribution in [0, 0.1) is 11.7 Å². The van der Waals surface area contributed by atoms with Crippen molar-refractivity contribution >= 4 is 35.0 Å². The molecule has 1 aliphatic heterocycles. The second kappa shape index (κ2) is 10.3. The van der Waals surface area contributed by atoms with Gasteiger partial charge < -0.3 is 15.1 Å². The predicted molar refractivity (Wildman–Crippen MR) is 125 cm³/mol. The molecule has 0 unspecified atom stereocenters. The Balaban J connectivity index is 1.35. The highest BCUT2D eigenvalue weighted by Gasteiger charge is 2.27. The first-order valence-electron chi connectivity index (χ1n) is 11.4. The molecule has 2 aromatic rings. The molecule has 3 amide bonds. The molecule has 1 heterocycles. The fraction of sp³-hybridized carbons (Fsp3) is 0.400. The number of nitrogens with one attached hydrogen (secondary N) is 1. The Kier molecular flexibility index (Phi) is 7.28. The predicted octanol–water partition coefficient (Wildman–Crippen LogP) is 4.60. The third-order valence-electron chi connectivity index (χ3n) is 6.37. The average Bonchev–Trinajstić information content (AvgIpc) is 2.84. The van der Waals surface area contributed by atoms with E-state index < -0.39 is 5.82 Å². The van der Waals surface area contributed by atoms with E-state index in [0.717, 1.165) is 31.7 Å². The van der Waals surface area contributed by atoms with Gasteiger partial charge >= 0.3 is 0 Å². The molecule has 0 aromatic heterocycles. The third-order valence-corrected chi connectivity index (χ3v) is 6.68. The van der Waals surface area contributed by atoms with E-state index in [4.69, 9.17) is 11.6 Å². The minimum atomic E-state index is -0.496. The zero-order chi connectivity index (χ0) is 23.4. The molecular formula is C25H27ClFN3O3. The maximum atomic E-state index is 13.3. The van der Waals surface area contributed by atoms with Crippen LogP contribution in [0.4, 0.5) is 10.1 Å². The van der Waals surface area contributed by atoms with E-state index in [1.807, 2.05) is 0 Å². The van der Waals surface area contributed by atoms with Crippen LogP contribution in [0.2, 0.25) is 5.02 Å². The molecule has 0 atom stereocenters. The van der Waals surface area contributed by atoms with Crippen LogP contribution in [-0.2, 0) is 4.79 Å². The fourth-order valence-electron chi connectivity index (χ4n) is 4.47. The summed E-state index contributed by atoms with van der Waals surface area (Å²) in [5.74, 6) is -0.858. The van der Waals surface area contributed by atoms with Crippen LogP contribution >= 0.6 is 11.6 Å². The molecule has 1 saturated carbocycles. The average molecular weight is 472 g/mol. The number of hydrogen-bond donors (Lipinski definition) is 1. The number of hydrogen-bond acceptors (Lipinski definition) is 3. The van der Waals surface area contributed by atoms with Crippen LogP contribution < -0.4 is 5.32 Å². The Morgan fingerprint density at radius 2 is 1.55 bits per heavy atom. The van der Waals surface area contributed by atoms with E-state index in [1.165, 1.54) is 18.6 Å². The Morgan fingerprint density at radius 3 is 2.21 bits per heavy atom. The van der Waals surface area contributed by atoms with Crippen LogP contribution in [0.1, 0.15) is 52.8 Å². The van der Waals surface area contributed by atoms with Gasteiger partial charge in [-0.2, -0.15) is 0 Å². The lowest BCUT2D eigenvalue weighted by atomic mass is 9.88. The van der Waals surface area contributed by atoms with Gasteiger partial charge in [0.05, 0.1) is 10.6 Å². The number of rotatable bonds is 4. The summed E-state index contributed by atoms with van der Waals surface area (Å²) < 4.78 is 13.3. The molecule has 8 heteroatoms. The Morgan fingerprint density at radius 1 is 0.879 bits per heavy atom. The standard InChI is InChI=1S/C25H27ClFN3O3/c26-22-16-19(27)9-10-21(22)25(33)30-13-11-29(12-14-30)24(32)18-7-4-8-20(15-18)28-23(31)17-5-2-1-3-6-17/h4,7-10,15-17H,1-3,5-6,11-14H2,(H,28,31). The number of carbonyl (C=O) groups is 3. The maximum absolute atomic E-state index is 13.3. The fourth-order valence-corrected chi connectivity index (χ4v) is 4.72. The van der Waals surface area contributed by atoms with Crippen molar-refractivity contribution in [2.75, 3.05) is 31.5 Å². The van der Waals surface area contributed by atoms with Crippen LogP contribution in [0.25, 0.3) is 0 Å². The molecule has 6 nitrogen and oxygen atoms in total. The van der Waals surface area contributed by atoms with Gasteiger partial charge in [-0.15, -0.1) is 0 Å². The van der Waals surface area contributed by atoms with Crippen LogP contribution in [-0.4, -0.2) is 53.7 Å². The molecule has 0 spiro atoms. The zero-order valence-corrected chi connectivity index (χ0v) is 19.1. The SMILES string of the molecule is O=C(Nc1cccc(C(=O)N2CCN(C(=O)c3ccc(F)cc3Cl)CC2)c1)C1CCCCC1. The van der Waals surface area contributed by atoms with E-state index in [-0.39, 0.29) is 34.2 Å². The minimum Gasteiger partial charge on any atom is -0.335 e. The van der Waals surface area contributed by atoms with Crippen molar-refractivity contribution in [1.82, 2.24) is 9.80 Å². The first kappa shape index (κ1) is 23.2. The van der Waals surface area contributed by atoms with Crippen LogP contribution in [0.15, 0.2) is 42.5 Å². The van der Waals surface area contributed by atoms with E-state index in [2.05, 4.69) is 5.32 Å². The Bertz CT molecular complexity index is 1050. The van der Waals surface area contributed by atoms with Crippen molar-refractivity contribution < 1.29 is 18.8 Å². The maximum Gasteiger partial charge on any atom is 0.255 e. The van der Waals surface area contributed by atoms with E-state index >= 15 is 0 Å². The second-order valence-corrected chi connectivity index (χ2v) is 9.02. The molecule has 2 aliphatic rings. The molecule has 1 saturated heterocycles. The number of anilines is 1. The lowest BCUT2D eigenvalue weighted by molar-refractivity contribution is -0.120. The van der Waals surface area contributed by atoms with Gasteiger partial charge in [-0.1, -0.05) is 36.9 Å². The quantitative estimate of drug-likeness (QED) is 0.708. The van der Waals surface area contributed by atoms with Crippen LogP contribution in [0.3, 0.4) is 0 Å². The highest BCUT2D eigenvalue weighted by Crippen LogP contribution is 2.25. The molecule has 2 fully saturated rings. The zero-order valence-electron chi connectivity index (χ0n) is 18.4. The van der Waals surface area contributed by atoms with Gasteiger partial charge in [-0.25, -0.2) is 4.39 Å². The van der Waals surface area contributed by atoms with Crippen molar-refractivity contribution in [3.8, 4) is 0 Å². The molecule has 0 bridgehead atoms. The Labute approximate surface area is 197 Å². The molecule has 174 valence electrons. The van der Waals surface area contributed by atoms with Gasteiger partial charge in [-0.05, 0) is 49.2 Å². The molecule has 2 aromatic carbocycles. The van der Waals surface area contributed by atoms with E-state index in [1.54, 1.807) is 34.1 Å². The van der Waals surface area contributed by atoms with Crippen molar-refractivity contribution in [3.63, 3.8) is 0 Å². The number of amides is 3. The van der Waals surface area contributed by atoms with Gasteiger partial charge in [-0.3, -0.25) is 14.4 Å². The normalized spacial score (nSPS) is 17.0. The lowest BCUT2D eigenvalue weighted by Gasteiger charge is -2.35. The number of benzene rings is 2. The van der Waals surface area contributed by atoms with Crippen LogP contribution in [0.5, 0.6) is 0 Å². The van der Waals surface area contributed by atoms with Crippen molar-refractivity contribution in [1.29, 1.82) is 0 Å². The topological polar surface area (TPSA) is 69.7 Å². The van der Waals surface area contributed by atoms with Gasteiger partial charge in [0.15, 0.2) is 0 Å². The number of halogens is 2. The lowest BCUT2D eigenvalue weighted by Crippen LogP contribution is -2.50. The number of piperazine rings is 1. The molecule has 4 rings (SSSR count). The summed E-state index contributed by atoms with van der Waals surface area (Å²) in [6, 6.07) is 10.7. The van der Waals surface area contributed by atoms with Crippen molar-refractivity contribution in [2.24, 2.45) is 5.92 Å².